The molecule has 2 N–H and O–H groups in total. The Hall–Kier alpha value is -1.66. The molecule has 0 aliphatic rings. The first kappa shape index (κ1) is 18.3. The van der Waals surface area contributed by atoms with Gasteiger partial charge in [-0.25, -0.2) is 9.59 Å². The Morgan fingerprint density at radius 3 is 1.85 bits per heavy atom. The van der Waals surface area contributed by atoms with E-state index in [1.54, 1.807) is 0 Å². The summed E-state index contributed by atoms with van der Waals surface area (Å²) in [5, 5.41) is 18.0. The number of hydrogen-bond acceptors (Lipinski definition) is 4. The zero-order chi connectivity index (χ0) is 15.8. The van der Waals surface area contributed by atoms with E-state index in [4.69, 9.17) is 19.7 Å². The molecule has 0 radical (unpaired) electrons. The van der Waals surface area contributed by atoms with E-state index >= 15 is 0 Å². The highest BCUT2D eigenvalue weighted by atomic mass is 16.5. The summed E-state index contributed by atoms with van der Waals surface area (Å²) < 4.78 is 10.7. The van der Waals surface area contributed by atoms with Gasteiger partial charge in [-0.05, 0) is 32.4 Å². The van der Waals surface area contributed by atoms with Crippen LogP contribution in [0.1, 0.15) is 27.2 Å². The van der Waals surface area contributed by atoms with E-state index in [2.05, 4.69) is 0 Å². The van der Waals surface area contributed by atoms with Crippen molar-refractivity contribution in [3.63, 3.8) is 0 Å². The van der Waals surface area contributed by atoms with Gasteiger partial charge in [-0.2, -0.15) is 0 Å². The van der Waals surface area contributed by atoms with Crippen LogP contribution in [0.25, 0.3) is 0 Å². The largest absolute Gasteiger partial charge is 0.478 e. The second-order valence-corrected chi connectivity index (χ2v) is 4.50. The molecule has 0 aromatic rings. The molecule has 0 aliphatic heterocycles. The Bertz CT molecular complexity index is 378. The Balaban J connectivity index is 5.68. The van der Waals surface area contributed by atoms with Crippen LogP contribution >= 0.6 is 0 Å². The molecular formula is C14H22O6. The molecule has 0 unspecified atom stereocenters. The second-order valence-electron chi connectivity index (χ2n) is 4.50. The molecule has 0 heterocycles. The molecule has 0 rings (SSSR count). The third-order valence-electron chi connectivity index (χ3n) is 2.54. The highest BCUT2D eigenvalue weighted by Crippen LogP contribution is 2.21. The van der Waals surface area contributed by atoms with Gasteiger partial charge in [-0.15, -0.1) is 0 Å². The first-order valence-corrected chi connectivity index (χ1v) is 6.26. The van der Waals surface area contributed by atoms with Crippen molar-refractivity contribution in [3.8, 4) is 0 Å². The maximum absolute atomic E-state index is 11.0. The Morgan fingerprint density at radius 1 is 1.10 bits per heavy atom. The predicted molar refractivity (Wildman–Crippen MR) is 73.6 cm³/mol. The van der Waals surface area contributed by atoms with Gasteiger partial charge in [0.1, 0.15) is 5.60 Å². The number of carbonyl (C=O) groups is 2. The van der Waals surface area contributed by atoms with Gasteiger partial charge in [0.15, 0.2) is 0 Å². The molecule has 0 bridgehead atoms. The summed E-state index contributed by atoms with van der Waals surface area (Å²) in [4.78, 5) is 21.9. The molecule has 0 fully saturated rings. The molecule has 0 atom stereocenters. The topological polar surface area (TPSA) is 93.1 Å². The van der Waals surface area contributed by atoms with Gasteiger partial charge >= 0.3 is 11.9 Å². The van der Waals surface area contributed by atoms with Crippen LogP contribution in [0.15, 0.2) is 23.3 Å². The number of carboxylic acid groups (broad SMARTS) is 2. The standard InChI is InChI=1S/C14H22O6/c1-5-6-20-14(9-19-4,7-10(2)12(15)16)8-11(3)13(17)18/h7-8H,5-6,9H2,1-4H3,(H,15,16)(H,17,18). The lowest BCUT2D eigenvalue weighted by Gasteiger charge is -2.28. The molecule has 0 amide bonds. The lowest BCUT2D eigenvalue weighted by molar-refractivity contribution is -0.133. The lowest BCUT2D eigenvalue weighted by Crippen LogP contribution is -2.35. The molecule has 0 spiro atoms. The fourth-order valence-electron chi connectivity index (χ4n) is 1.62. The van der Waals surface area contributed by atoms with Gasteiger partial charge in [0, 0.05) is 24.9 Å². The van der Waals surface area contributed by atoms with Crippen LogP contribution in [-0.4, -0.2) is 48.1 Å². The van der Waals surface area contributed by atoms with Crippen molar-refractivity contribution in [2.24, 2.45) is 0 Å². The minimum absolute atomic E-state index is 0.0300. The van der Waals surface area contributed by atoms with Crippen molar-refractivity contribution in [2.45, 2.75) is 32.8 Å². The Labute approximate surface area is 118 Å². The number of methoxy groups -OCH3 is 1. The fraction of sp³-hybridized carbons (Fsp3) is 0.571. The summed E-state index contributed by atoms with van der Waals surface area (Å²) in [6.45, 7) is 5.13. The highest BCUT2D eigenvalue weighted by molar-refractivity contribution is 5.87. The number of aliphatic carboxylic acids is 2. The molecule has 0 saturated heterocycles. The first-order valence-electron chi connectivity index (χ1n) is 6.26. The van der Waals surface area contributed by atoms with Gasteiger partial charge in [-0.3, -0.25) is 0 Å². The Kier molecular flexibility index (Phi) is 7.79. The number of hydrogen-bond donors (Lipinski definition) is 2. The maximum atomic E-state index is 11.0. The number of carboxylic acids is 2. The van der Waals surface area contributed by atoms with Crippen LogP contribution in [-0.2, 0) is 19.1 Å². The second kappa shape index (κ2) is 8.50. The molecule has 0 saturated carbocycles. The quantitative estimate of drug-likeness (QED) is 0.628. The number of ether oxygens (including phenoxy) is 2. The monoisotopic (exact) mass is 286 g/mol. The van der Waals surface area contributed by atoms with E-state index in [9.17, 15) is 9.59 Å². The summed E-state index contributed by atoms with van der Waals surface area (Å²) in [6, 6.07) is 0. The third kappa shape index (κ3) is 5.99. The molecule has 20 heavy (non-hydrogen) atoms. The molecule has 0 aromatic heterocycles. The van der Waals surface area contributed by atoms with Crippen LogP contribution < -0.4 is 0 Å². The minimum atomic E-state index is -1.20. The molecule has 6 heteroatoms. The molecule has 6 nitrogen and oxygen atoms in total. The van der Waals surface area contributed by atoms with Gasteiger partial charge in [-0.1, -0.05) is 6.92 Å². The van der Waals surface area contributed by atoms with Gasteiger partial charge < -0.3 is 19.7 Å². The van der Waals surface area contributed by atoms with E-state index in [0.29, 0.717) is 13.0 Å². The summed E-state index contributed by atoms with van der Waals surface area (Å²) in [5.41, 5.74) is -1.07. The third-order valence-corrected chi connectivity index (χ3v) is 2.54. The van der Waals surface area contributed by atoms with Crippen molar-refractivity contribution in [1.82, 2.24) is 0 Å². The smallest absolute Gasteiger partial charge is 0.331 e. The zero-order valence-corrected chi connectivity index (χ0v) is 12.3. The summed E-state index contributed by atoms with van der Waals surface area (Å²) in [5.74, 6) is -2.18. The van der Waals surface area contributed by atoms with E-state index < -0.39 is 17.5 Å². The molecule has 0 aliphatic carbocycles. The van der Waals surface area contributed by atoms with Gasteiger partial charge in [0.05, 0.1) is 6.61 Å². The number of rotatable bonds is 9. The highest BCUT2D eigenvalue weighted by Gasteiger charge is 2.28. The molecule has 114 valence electrons. The van der Waals surface area contributed by atoms with E-state index in [-0.39, 0.29) is 17.8 Å². The fourth-order valence-corrected chi connectivity index (χ4v) is 1.62. The molecular weight excluding hydrogens is 264 g/mol. The van der Waals surface area contributed by atoms with Crippen LogP contribution in [0, 0.1) is 0 Å². The van der Waals surface area contributed by atoms with Crippen LogP contribution in [0.2, 0.25) is 0 Å². The summed E-state index contributed by atoms with van der Waals surface area (Å²) >= 11 is 0. The normalized spacial score (nSPS) is 15.8. The van der Waals surface area contributed by atoms with E-state index in [1.165, 1.54) is 33.1 Å². The Morgan fingerprint density at radius 2 is 1.55 bits per heavy atom. The van der Waals surface area contributed by atoms with Crippen LogP contribution in [0.5, 0.6) is 0 Å². The average Bonchev–Trinajstić information content (AvgIpc) is 2.36. The van der Waals surface area contributed by atoms with Crippen molar-refractivity contribution < 1.29 is 29.3 Å². The summed E-state index contributed by atoms with van der Waals surface area (Å²) in [6.07, 6.45) is 3.47. The van der Waals surface area contributed by atoms with Crippen molar-refractivity contribution in [2.75, 3.05) is 20.3 Å². The van der Waals surface area contributed by atoms with Crippen LogP contribution in [0.3, 0.4) is 0 Å². The molecule has 0 aromatic carbocycles. The van der Waals surface area contributed by atoms with Crippen molar-refractivity contribution in [3.05, 3.63) is 23.3 Å². The summed E-state index contributed by atoms with van der Waals surface area (Å²) in [7, 11) is 1.44. The van der Waals surface area contributed by atoms with E-state index in [0.717, 1.165) is 0 Å². The maximum Gasteiger partial charge on any atom is 0.331 e. The first-order chi connectivity index (χ1) is 9.28. The zero-order valence-electron chi connectivity index (χ0n) is 12.3. The average molecular weight is 286 g/mol. The minimum Gasteiger partial charge on any atom is -0.478 e. The van der Waals surface area contributed by atoms with Crippen molar-refractivity contribution >= 4 is 11.9 Å². The van der Waals surface area contributed by atoms with Crippen molar-refractivity contribution in [1.29, 1.82) is 0 Å². The lowest BCUT2D eigenvalue weighted by atomic mass is 9.98. The van der Waals surface area contributed by atoms with E-state index in [1.807, 2.05) is 6.92 Å². The van der Waals surface area contributed by atoms with Gasteiger partial charge in [0.25, 0.3) is 0 Å². The SMILES string of the molecule is CCCOC(C=C(C)C(=O)O)(C=C(C)C(=O)O)COC. The predicted octanol–water partition coefficient (Wildman–Crippen LogP) is 1.86. The van der Waals surface area contributed by atoms with Crippen LogP contribution in [0.4, 0.5) is 0 Å². The van der Waals surface area contributed by atoms with Gasteiger partial charge in [0.2, 0.25) is 0 Å².